The fourth-order valence-electron chi connectivity index (χ4n) is 2.80. The van der Waals surface area contributed by atoms with E-state index in [9.17, 15) is 8.42 Å². The number of aryl methyl sites for hydroxylation is 1. The summed E-state index contributed by atoms with van der Waals surface area (Å²) in [5, 5.41) is 8.07. The lowest BCUT2D eigenvalue weighted by Gasteiger charge is -2.30. The maximum Gasteiger partial charge on any atom is 0.226 e. The minimum absolute atomic E-state index is 0.389. The van der Waals surface area contributed by atoms with Gasteiger partial charge in [0.15, 0.2) is 5.65 Å². The molecule has 10 heteroatoms. The van der Waals surface area contributed by atoms with Crippen LogP contribution < -0.4 is 11.1 Å². The van der Waals surface area contributed by atoms with E-state index >= 15 is 0 Å². The van der Waals surface area contributed by atoms with E-state index in [0.717, 1.165) is 18.2 Å². The van der Waals surface area contributed by atoms with Crippen molar-refractivity contribution < 1.29 is 8.42 Å². The van der Waals surface area contributed by atoms with Crippen LogP contribution >= 0.6 is 0 Å². The summed E-state index contributed by atoms with van der Waals surface area (Å²) in [6.07, 6.45) is 4.55. The van der Waals surface area contributed by atoms with E-state index in [1.54, 1.807) is 17.9 Å². The first-order valence-corrected chi connectivity index (χ1v) is 9.33. The molecule has 1 saturated heterocycles. The van der Waals surface area contributed by atoms with Crippen molar-refractivity contribution in [2.45, 2.75) is 12.8 Å². The van der Waals surface area contributed by atoms with Crippen LogP contribution in [-0.2, 0) is 17.1 Å². The molecule has 0 aromatic carbocycles. The van der Waals surface area contributed by atoms with Gasteiger partial charge in [-0.15, -0.1) is 0 Å². The SMILES string of the molecule is Cn1ncc2c(N)nc(NCC3CCN(S(C)(=O)=O)CC3)nc21. The minimum Gasteiger partial charge on any atom is -0.383 e. The van der Waals surface area contributed by atoms with Crippen LogP contribution in [-0.4, -0.2) is 58.4 Å². The fraction of sp³-hybridized carbons (Fsp3) is 0.615. The lowest BCUT2D eigenvalue weighted by Crippen LogP contribution is -2.39. The van der Waals surface area contributed by atoms with Crippen molar-refractivity contribution in [3.05, 3.63) is 6.20 Å². The van der Waals surface area contributed by atoms with Gasteiger partial charge in [-0.25, -0.2) is 12.7 Å². The summed E-state index contributed by atoms with van der Waals surface area (Å²) in [6, 6.07) is 0. The zero-order valence-corrected chi connectivity index (χ0v) is 14.0. The Morgan fingerprint density at radius 1 is 1.35 bits per heavy atom. The van der Waals surface area contributed by atoms with Gasteiger partial charge in [0.1, 0.15) is 5.82 Å². The zero-order chi connectivity index (χ0) is 16.6. The summed E-state index contributed by atoms with van der Waals surface area (Å²) in [5.74, 6) is 1.27. The second-order valence-electron chi connectivity index (χ2n) is 5.92. The molecule has 3 heterocycles. The lowest BCUT2D eigenvalue weighted by atomic mass is 9.98. The molecule has 1 fully saturated rings. The number of hydrogen-bond acceptors (Lipinski definition) is 7. The number of nitrogens with two attached hydrogens (primary N) is 1. The van der Waals surface area contributed by atoms with Gasteiger partial charge in [0.25, 0.3) is 0 Å². The molecule has 0 saturated carbocycles. The van der Waals surface area contributed by atoms with Gasteiger partial charge in [-0.3, -0.25) is 4.68 Å². The van der Waals surface area contributed by atoms with Crippen molar-refractivity contribution in [2.75, 3.05) is 36.9 Å². The van der Waals surface area contributed by atoms with E-state index < -0.39 is 10.0 Å². The molecule has 0 bridgehead atoms. The average molecular weight is 339 g/mol. The van der Waals surface area contributed by atoms with E-state index in [2.05, 4.69) is 20.4 Å². The van der Waals surface area contributed by atoms with Crippen molar-refractivity contribution in [1.29, 1.82) is 0 Å². The number of nitrogens with zero attached hydrogens (tertiary/aromatic N) is 5. The van der Waals surface area contributed by atoms with Gasteiger partial charge in [-0.05, 0) is 18.8 Å². The van der Waals surface area contributed by atoms with Crippen LogP contribution in [0.3, 0.4) is 0 Å². The summed E-state index contributed by atoms with van der Waals surface area (Å²) < 4.78 is 26.2. The number of aromatic nitrogens is 4. The Kier molecular flexibility index (Phi) is 4.11. The van der Waals surface area contributed by atoms with Crippen LogP contribution in [0.1, 0.15) is 12.8 Å². The van der Waals surface area contributed by atoms with Crippen LogP contribution in [0.2, 0.25) is 0 Å². The van der Waals surface area contributed by atoms with Gasteiger partial charge >= 0.3 is 0 Å². The van der Waals surface area contributed by atoms with Crippen molar-refractivity contribution in [1.82, 2.24) is 24.1 Å². The van der Waals surface area contributed by atoms with Crippen LogP contribution in [0.4, 0.5) is 11.8 Å². The van der Waals surface area contributed by atoms with Gasteiger partial charge < -0.3 is 11.1 Å². The highest BCUT2D eigenvalue weighted by atomic mass is 32.2. The Labute approximate surface area is 134 Å². The van der Waals surface area contributed by atoms with E-state index in [1.807, 2.05) is 0 Å². The van der Waals surface area contributed by atoms with Crippen molar-refractivity contribution in [3.8, 4) is 0 Å². The van der Waals surface area contributed by atoms with Crippen LogP contribution in [0, 0.1) is 5.92 Å². The van der Waals surface area contributed by atoms with Gasteiger partial charge in [-0.1, -0.05) is 0 Å². The molecule has 126 valence electrons. The van der Waals surface area contributed by atoms with Gasteiger partial charge in [0.2, 0.25) is 16.0 Å². The molecule has 3 N–H and O–H groups in total. The highest BCUT2D eigenvalue weighted by Gasteiger charge is 2.24. The molecule has 0 unspecified atom stereocenters. The molecule has 1 aliphatic rings. The molecule has 0 atom stereocenters. The number of anilines is 2. The molecule has 0 spiro atoms. The minimum atomic E-state index is -3.08. The molecule has 3 rings (SSSR count). The quantitative estimate of drug-likeness (QED) is 0.806. The zero-order valence-electron chi connectivity index (χ0n) is 13.2. The Morgan fingerprint density at radius 2 is 2.04 bits per heavy atom. The summed E-state index contributed by atoms with van der Waals surface area (Å²) >= 11 is 0. The standard InChI is InChI=1S/C13H21N7O2S/c1-19-12-10(8-16-19)11(14)17-13(18-12)15-7-9-3-5-20(6-4-9)23(2,21)22/h8-9H,3-7H2,1-2H3,(H3,14,15,17,18). The van der Waals surface area contributed by atoms with Crippen molar-refractivity contribution in [3.63, 3.8) is 0 Å². The molecule has 0 amide bonds. The largest absolute Gasteiger partial charge is 0.383 e. The highest BCUT2D eigenvalue weighted by Crippen LogP contribution is 2.21. The second-order valence-corrected chi connectivity index (χ2v) is 7.91. The normalized spacial score (nSPS) is 17.7. The fourth-order valence-corrected chi connectivity index (χ4v) is 3.68. The number of hydrogen-bond donors (Lipinski definition) is 2. The lowest BCUT2D eigenvalue weighted by molar-refractivity contribution is 0.283. The third-order valence-corrected chi connectivity index (χ3v) is 5.52. The predicted molar refractivity (Wildman–Crippen MR) is 88.3 cm³/mol. The Hall–Kier alpha value is -1.94. The monoisotopic (exact) mass is 339 g/mol. The van der Waals surface area contributed by atoms with E-state index in [-0.39, 0.29) is 0 Å². The maximum absolute atomic E-state index is 11.5. The molecule has 0 aliphatic carbocycles. The third kappa shape index (κ3) is 3.37. The molecule has 1 aliphatic heterocycles. The second kappa shape index (κ2) is 5.93. The van der Waals surface area contributed by atoms with Crippen molar-refractivity contribution in [2.24, 2.45) is 13.0 Å². The predicted octanol–water partition coefficient (Wildman–Crippen LogP) is 0.0290. The smallest absolute Gasteiger partial charge is 0.226 e. The molecule has 2 aromatic rings. The number of piperidine rings is 1. The average Bonchev–Trinajstić information content (AvgIpc) is 2.87. The number of nitrogen functional groups attached to an aromatic ring is 1. The van der Waals surface area contributed by atoms with E-state index in [4.69, 9.17) is 5.73 Å². The molecular weight excluding hydrogens is 318 g/mol. The Morgan fingerprint density at radius 3 is 2.70 bits per heavy atom. The van der Waals surface area contributed by atoms with Crippen molar-refractivity contribution >= 4 is 32.8 Å². The number of sulfonamides is 1. The van der Waals surface area contributed by atoms with Gasteiger partial charge in [-0.2, -0.15) is 15.1 Å². The number of fused-ring (bicyclic) bond motifs is 1. The molecule has 0 radical (unpaired) electrons. The summed E-state index contributed by atoms with van der Waals surface area (Å²) in [7, 11) is -1.28. The van der Waals surface area contributed by atoms with Gasteiger partial charge in [0.05, 0.1) is 17.8 Å². The Balaban J connectivity index is 1.62. The molecule has 23 heavy (non-hydrogen) atoms. The van der Waals surface area contributed by atoms with Crippen LogP contribution in [0.5, 0.6) is 0 Å². The summed E-state index contributed by atoms with van der Waals surface area (Å²) in [5.41, 5.74) is 6.61. The van der Waals surface area contributed by atoms with E-state index in [1.165, 1.54) is 10.6 Å². The third-order valence-electron chi connectivity index (χ3n) is 4.21. The highest BCUT2D eigenvalue weighted by molar-refractivity contribution is 7.88. The molecule has 2 aromatic heterocycles. The first-order chi connectivity index (χ1) is 10.8. The first-order valence-electron chi connectivity index (χ1n) is 7.49. The van der Waals surface area contributed by atoms with E-state index in [0.29, 0.717) is 43.0 Å². The van der Waals surface area contributed by atoms with Crippen LogP contribution in [0.15, 0.2) is 6.20 Å². The first kappa shape index (κ1) is 15.9. The number of nitrogens with one attached hydrogen (secondary N) is 1. The topological polar surface area (TPSA) is 119 Å². The molecular formula is C13H21N7O2S. The van der Waals surface area contributed by atoms with Gasteiger partial charge in [0, 0.05) is 26.7 Å². The molecule has 9 nitrogen and oxygen atoms in total. The van der Waals surface area contributed by atoms with Crippen LogP contribution in [0.25, 0.3) is 11.0 Å². The number of rotatable bonds is 4. The Bertz CT molecular complexity index is 809. The summed E-state index contributed by atoms with van der Waals surface area (Å²) in [6.45, 7) is 1.82. The summed E-state index contributed by atoms with van der Waals surface area (Å²) in [4.78, 5) is 8.68. The maximum atomic E-state index is 11.5.